The molecule has 18 heavy (non-hydrogen) atoms. The number of nitrogens with zero attached hydrogens (tertiary/aromatic N) is 1. The lowest BCUT2D eigenvalue weighted by atomic mass is 10.0. The molecule has 0 unspecified atom stereocenters. The molecule has 2 rings (SSSR count). The van der Waals surface area contributed by atoms with E-state index in [1.165, 1.54) is 6.92 Å². The lowest BCUT2D eigenvalue weighted by Gasteiger charge is -2.10. The number of fused-ring (bicyclic) bond motifs is 1. The molecule has 6 heteroatoms. The molecule has 1 nitrogen and oxygen atoms in total. The topological polar surface area (TPSA) is 12.9 Å². The molecular formula is C12H8F5N. The zero-order valence-electron chi connectivity index (χ0n) is 9.22. The normalized spacial score (nSPS) is 11.8. The van der Waals surface area contributed by atoms with Crippen molar-refractivity contribution in [3.63, 3.8) is 0 Å². The molecule has 2 aromatic rings. The molecular weight excluding hydrogens is 253 g/mol. The zero-order chi connectivity index (χ0) is 13.4. The first-order chi connectivity index (χ1) is 8.41. The van der Waals surface area contributed by atoms with Gasteiger partial charge in [-0.15, -0.1) is 0 Å². The van der Waals surface area contributed by atoms with Gasteiger partial charge in [-0.3, -0.25) is 0 Å². The van der Waals surface area contributed by atoms with Crippen LogP contribution >= 0.6 is 0 Å². The molecule has 0 saturated carbocycles. The fourth-order valence-electron chi connectivity index (χ4n) is 1.74. The van der Waals surface area contributed by atoms with Crippen molar-refractivity contribution in [1.29, 1.82) is 0 Å². The van der Waals surface area contributed by atoms with Crippen LogP contribution in [0.25, 0.3) is 10.9 Å². The number of hydrogen-bond donors (Lipinski definition) is 0. The first-order valence-corrected chi connectivity index (χ1v) is 5.07. The van der Waals surface area contributed by atoms with Crippen LogP contribution in [0.15, 0.2) is 18.2 Å². The van der Waals surface area contributed by atoms with E-state index in [9.17, 15) is 22.0 Å². The maximum Gasteiger partial charge on any atom is 0.280 e. The van der Waals surface area contributed by atoms with Crippen LogP contribution in [0.3, 0.4) is 0 Å². The lowest BCUT2D eigenvalue weighted by molar-refractivity contribution is 0.141. The van der Waals surface area contributed by atoms with Gasteiger partial charge < -0.3 is 0 Å². The number of benzene rings is 1. The summed E-state index contributed by atoms with van der Waals surface area (Å²) in [5.41, 5.74) is -1.50. The van der Waals surface area contributed by atoms with Crippen molar-refractivity contribution in [2.45, 2.75) is 19.8 Å². The maximum atomic E-state index is 13.3. The zero-order valence-corrected chi connectivity index (χ0v) is 9.22. The van der Waals surface area contributed by atoms with Crippen molar-refractivity contribution in [3.05, 3.63) is 40.8 Å². The first kappa shape index (κ1) is 12.7. The van der Waals surface area contributed by atoms with Crippen LogP contribution in [0.2, 0.25) is 0 Å². The number of rotatable bonds is 2. The first-order valence-electron chi connectivity index (χ1n) is 5.07. The number of aromatic nitrogens is 1. The molecule has 1 aromatic heterocycles. The van der Waals surface area contributed by atoms with Crippen molar-refractivity contribution < 1.29 is 22.0 Å². The molecule has 0 fully saturated rings. The van der Waals surface area contributed by atoms with E-state index in [0.29, 0.717) is 6.07 Å². The molecule has 0 aliphatic rings. The second-order valence-corrected chi connectivity index (χ2v) is 3.81. The van der Waals surface area contributed by atoms with Crippen molar-refractivity contribution in [2.75, 3.05) is 0 Å². The Morgan fingerprint density at radius 3 is 2.28 bits per heavy atom. The number of alkyl halides is 4. The summed E-state index contributed by atoms with van der Waals surface area (Å²) in [5, 5.41) is -0.00620. The number of aryl methyl sites for hydroxylation is 1. The maximum absolute atomic E-state index is 13.3. The van der Waals surface area contributed by atoms with Gasteiger partial charge in [0, 0.05) is 16.5 Å². The molecule has 0 spiro atoms. The minimum Gasteiger partial charge on any atom is -0.246 e. The largest absolute Gasteiger partial charge is 0.280 e. The smallest absolute Gasteiger partial charge is 0.246 e. The Kier molecular flexibility index (Phi) is 3.19. The fourth-order valence-corrected chi connectivity index (χ4v) is 1.74. The highest BCUT2D eigenvalue weighted by Gasteiger charge is 2.20. The van der Waals surface area contributed by atoms with E-state index in [2.05, 4.69) is 4.98 Å². The van der Waals surface area contributed by atoms with Crippen molar-refractivity contribution >= 4 is 10.9 Å². The predicted octanol–water partition coefficient (Wildman–Crippen LogP) is 4.56. The summed E-state index contributed by atoms with van der Waals surface area (Å²) in [5.74, 6) is -0.665. The Labute approximate surface area is 99.3 Å². The third-order valence-corrected chi connectivity index (χ3v) is 2.68. The molecule has 0 saturated heterocycles. The van der Waals surface area contributed by atoms with Gasteiger partial charge in [0.2, 0.25) is 0 Å². The summed E-state index contributed by atoms with van der Waals surface area (Å²) in [6.07, 6.45) is -5.90. The van der Waals surface area contributed by atoms with Crippen molar-refractivity contribution in [1.82, 2.24) is 4.98 Å². The van der Waals surface area contributed by atoms with Gasteiger partial charge in [0.15, 0.2) is 0 Å². The van der Waals surface area contributed by atoms with E-state index < -0.39 is 29.9 Å². The summed E-state index contributed by atoms with van der Waals surface area (Å²) >= 11 is 0. The summed E-state index contributed by atoms with van der Waals surface area (Å²) in [7, 11) is 0. The molecule has 96 valence electrons. The summed E-state index contributed by atoms with van der Waals surface area (Å²) in [6.45, 7) is 1.31. The van der Waals surface area contributed by atoms with Gasteiger partial charge in [0.25, 0.3) is 12.9 Å². The van der Waals surface area contributed by atoms with Gasteiger partial charge >= 0.3 is 0 Å². The third kappa shape index (κ3) is 2.02. The second kappa shape index (κ2) is 4.51. The van der Waals surface area contributed by atoms with E-state index in [0.717, 1.165) is 12.1 Å². The van der Waals surface area contributed by atoms with Gasteiger partial charge in [-0.25, -0.2) is 26.9 Å². The Bertz CT molecular complexity index is 595. The molecule has 0 N–H and O–H groups in total. The van der Waals surface area contributed by atoms with Crippen molar-refractivity contribution in [2.24, 2.45) is 0 Å². The Hall–Kier alpha value is -1.72. The molecule has 1 heterocycles. The molecule has 1 aromatic carbocycles. The van der Waals surface area contributed by atoms with Crippen LogP contribution < -0.4 is 0 Å². The molecule has 0 atom stereocenters. The summed E-state index contributed by atoms with van der Waals surface area (Å²) in [6, 6.07) is 2.81. The Balaban J connectivity index is 2.85. The van der Waals surface area contributed by atoms with Gasteiger partial charge in [-0.2, -0.15) is 0 Å². The van der Waals surface area contributed by atoms with Crippen LogP contribution in [0.1, 0.15) is 29.7 Å². The van der Waals surface area contributed by atoms with E-state index in [4.69, 9.17) is 0 Å². The lowest BCUT2D eigenvalue weighted by Crippen LogP contribution is -1.99. The Morgan fingerprint density at radius 1 is 1.06 bits per heavy atom. The minimum absolute atomic E-state index is 0.00620. The molecule has 0 aliphatic heterocycles. The Morgan fingerprint density at radius 2 is 1.72 bits per heavy atom. The highest BCUT2D eigenvalue weighted by atomic mass is 19.3. The van der Waals surface area contributed by atoms with Crippen LogP contribution in [-0.2, 0) is 0 Å². The highest BCUT2D eigenvalue weighted by Crippen LogP contribution is 2.32. The van der Waals surface area contributed by atoms with Gasteiger partial charge in [0.05, 0.1) is 5.52 Å². The predicted molar refractivity (Wildman–Crippen MR) is 56.4 cm³/mol. The highest BCUT2D eigenvalue weighted by molar-refractivity contribution is 5.85. The third-order valence-electron chi connectivity index (χ3n) is 2.68. The van der Waals surface area contributed by atoms with Crippen molar-refractivity contribution in [3.8, 4) is 0 Å². The second-order valence-electron chi connectivity index (χ2n) is 3.81. The van der Waals surface area contributed by atoms with E-state index in [1.54, 1.807) is 0 Å². The average Bonchev–Trinajstić information content (AvgIpc) is 2.32. The van der Waals surface area contributed by atoms with E-state index in [-0.39, 0.29) is 16.5 Å². The van der Waals surface area contributed by atoms with Crippen LogP contribution in [0, 0.1) is 12.7 Å². The average molecular weight is 261 g/mol. The monoisotopic (exact) mass is 261 g/mol. The van der Waals surface area contributed by atoms with E-state index in [1.807, 2.05) is 0 Å². The van der Waals surface area contributed by atoms with Crippen LogP contribution in [-0.4, -0.2) is 4.98 Å². The molecule has 0 amide bonds. The minimum atomic E-state index is -2.98. The van der Waals surface area contributed by atoms with Gasteiger partial charge in [-0.05, 0) is 25.1 Å². The molecule has 0 radical (unpaired) electrons. The SMILES string of the molecule is Cc1c(F)ccc2c(C(F)F)cc(C(F)F)nc12. The number of pyridine rings is 1. The molecule has 0 bridgehead atoms. The standard InChI is InChI=1S/C12H8F5N/c1-5-8(13)3-2-6-7(11(14)15)4-9(12(16)17)18-10(5)6/h2-4,11-12H,1H3. The number of hydrogen-bond acceptors (Lipinski definition) is 1. The summed E-state index contributed by atoms with van der Waals surface area (Å²) in [4.78, 5) is 3.55. The van der Waals surface area contributed by atoms with E-state index >= 15 is 0 Å². The summed E-state index contributed by atoms with van der Waals surface area (Å²) < 4.78 is 64.1. The van der Waals surface area contributed by atoms with Crippen LogP contribution in [0.4, 0.5) is 22.0 Å². The fraction of sp³-hybridized carbons (Fsp3) is 0.250. The van der Waals surface area contributed by atoms with Gasteiger partial charge in [0.1, 0.15) is 11.5 Å². The quantitative estimate of drug-likeness (QED) is 0.722. The van der Waals surface area contributed by atoms with Crippen LogP contribution in [0.5, 0.6) is 0 Å². The number of halogens is 5. The van der Waals surface area contributed by atoms with Gasteiger partial charge in [-0.1, -0.05) is 0 Å². The molecule has 0 aliphatic carbocycles.